The minimum Gasteiger partial charge on any atom is -0.380 e. The van der Waals surface area contributed by atoms with E-state index < -0.39 is 10.1 Å². The second kappa shape index (κ2) is 6.35. The molecule has 2 aromatic carbocycles. The summed E-state index contributed by atoms with van der Waals surface area (Å²) in [5, 5.41) is 1.47. The molecule has 0 N–H and O–H groups in total. The maximum absolute atomic E-state index is 12.3. The Labute approximate surface area is 143 Å². The van der Waals surface area contributed by atoms with Crippen LogP contribution in [0, 0.1) is 0 Å². The lowest BCUT2D eigenvalue weighted by atomic mass is 10.2. The predicted octanol–water partition coefficient (Wildman–Crippen LogP) is 4.45. The predicted molar refractivity (Wildman–Crippen MR) is 91.5 cm³/mol. The molecule has 1 heterocycles. The van der Waals surface area contributed by atoms with Gasteiger partial charge in [-0.15, -0.1) is 0 Å². The van der Waals surface area contributed by atoms with E-state index >= 15 is 0 Å². The molecule has 0 atom stereocenters. The number of aromatic nitrogens is 1. The van der Waals surface area contributed by atoms with Crippen molar-refractivity contribution < 1.29 is 12.6 Å². The fourth-order valence-corrected chi connectivity index (χ4v) is 3.52. The number of halogens is 2. The van der Waals surface area contributed by atoms with Crippen molar-refractivity contribution in [3.05, 3.63) is 70.3 Å². The van der Waals surface area contributed by atoms with Gasteiger partial charge in [0.2, 0.25) is 0 Å². The Balaban J connectivity index is 1.89. The smallest absolute Gasteiger partial charge is 0.313 e. The number of pyridine rings is 1. The van der Waals surface area contributed by atoms with Crippen LogP contribution in [0.3, 0.4) is 0 Å². The van der Waals surface area contributed by atoms with Gasteiger partial charge in [0.25, 0.3) is 0 Å². The minimum absolute atomic E-state index is 0.197. The molecule has 0 fully saturated rings. The molecular weight excluding hydrogens is 357 g/mol. The zero-order valence-electron chi connectivity index (χ0n) is 11.7. The zero-order chi connectivity index (χ0) is 16.4. The van der Waals surface area contributed by atoms with Gasteiger partial charge in [-0.05, 0) is 29.8 Å². The van der Waals surface area contributed by atoms with Crippen molar-refractivity contribution in [2.45, 2.75) is 5.75 Å². The van der Waals surface area contributed by atoms with Crippen LogP contribution in [0.1, 0.15) is 5.56 Å². The largest absolute Gasteiger partial charge is 0.380 e. The normalized spacial score (nSPS) is 11.6. The summed E-state index contributed by atoms with van der Waals surface area (Å²) < 4.78 is 29.8. The third-order valence-electron chi connectivity index (χ3n) is 3.14. The first-order chi connectivity index (χ1) is 10.9. The molecule has 0 unspecified atom stereocenters. The van der Waals surface area contributed by atoms with E-state index in [1.54, 1.807) is 36.5 Å². The van der Waals surface area contributed by atoms with Gasteiger partial charge in [0.15, 0.2) is 5.75 Å². The maximum atomic E-state index is 12.3. The van der Waals surface area contributed by atoms with Crippen LogP contribution in [0.5, 0.6) is 5.75 Å². The summed E-state index contributed by atoms with van der Waals surface area (Å²) in [6.45, 7) is 0. The first-order valence-corrected chi connectivity index (χ1v) is 8.98. The van der Waals surface area contributed by atoms with Crippen molar-refractivity contribution in [3.8, 4) is 5.75 Å². The fraction of sp³-hybridized carbons (Fsp3) is 0.0625. The van der Waals surface area contributed by atoms with Crippen molar-refractivity contribution in [2.24, 2.45) is 0 Å². The Morgan fingerprint density at radius 2 is 1.78 bits per heavy atom. The molecule has 0 radical (unpaired) electrons. The summed E-state index contributed by atoms with van der Waals surface area (Å²) in [6, 6.07) is 13.4. The molecule has 0 bridgehead atoms. The molecule has 3 aromatic rings. The van der Waals surface area contributed by atoms with Gasteiger partial charge in [-0.2, -0.15) is 8.42 Å². The Morgan fingerprint density at radius 1 is 1.00 bits per heavy atom. The second-order valence-corrected chi connectivity index (χ2v) is 7.25. The quantitative estimate of drug-likeness (QED) is 0.639. The van der Waals surface area contributed by atoms with Crippen LogP contribution in [0.2, 0.25) is 10.0 Å². The van der Waals surface area contributed by atoms with E-state index in [0.717, 1.165) is 5.39 Å². The van der Waals surface area contributed by atoms with Gasteiger partial charge < -0.3 is 4.18 Å². The summed E-state index contributed by atoms with van der Waals surface area (Å²) in [7, 11) is -3.85. The van der Waals surface area contributed by atoms with Crippen LogP contribution in [0.4, 0.5) is 0 Å². The van der Waals surface area contributed by atoms with Gasteiger partial charge in [-0.25, -0.2) is 0 Å². The van der Waals surface area contributed by atoms with Crippen molar-refractivity contribution in [1.82, 2.24) is 4.98 Å². The second-order valence-electron chi connectivity index (χ2n) is 4.87. The Morgan fingerprint density at radius 3 is 2.57 bits per heavy atom. The number of nitrogens with zero attached hydrogens (tertiary/aromatic N) is 1. The third kappa shape index (κ3) is 3.75. The first-order valence-electron chi connectivity index (χ1n) is 6.64. The lowest BCUT2D eigenvalue weighted by Crippen LogP contribution is -2.12. The molecule has 118 valence electrons. The fourth-order valence-electron chi connectivity index (χ4n) is 2.14. The van der Waals surface area contributed by atoms with Crippen LogP contribution in [0.25, 0.3) is 10.9 Å². The highest BCUT2D eigenvalue weighted by Crippen LogP contribution is 2.27. The van der Waals surface area contributed by atoms with Crippen LogP contribution < -0.4 is 4.18 Å². The van der Waals surface area contributed by atoms with E-state index in [2.05, 4.69) is 4.98 Å². The lowest BCUT2D eigenvalue weighted by molar-refractivity contribution is 0.487. The highest BCUT2D eigenvalue weighted by atomic mass is 35.5. The summed E-state index contributed by atoms with van der Waals surface area (Å²) in [4.78, 5) is 4.17. The molecule has 0 saturated carbocycles. The Bertz CT molecular complexity index is 969. The van der Waals surface area contributed by atoms with Gasteiger partial charge in [0.1, 0.15) is 11.3 Å². The average Bonchev–Trinajstić information content (AvgIpc) is 2.51. The molecule has 7 heteroatoms. The zero-order valence-corrected chi connectivity index (χ0v) is 14.1. The Hall–Kier alpha value is -1.82. The minimum atomic E-state index is -3.85. The number of hydrogen-bond acceptors (Lipinski definition) is 4. The molecule has 0 saturated heterocycles. The van der Waals surface area contributed by atoms with Gasteiger partial charge in [0.05, 0.1) is 10.0 Å². The standard InChI is InChI=1S/C16H11Cl2NO3S/c17-13-7-6-11(9-14(13)18)10-23(20,21)22-15-5-1-3-12-4-2-8-19-16(12)15/h1-9H,10H2. The third-order valence-corrected chi connectivity index (χ3v) is 5.00. The highest BCUT2D eigenvalue weighted by molar-refractivity contribution is 7.86. The number of para-hydroxylation sites is 1. The van der Waals surface area contributed by atoms with Crippen LogP contribution in [0.15, 0.2) is 54.7 Å². The summed E-state index contributed by atoms with van der Waals surface area (Å²) in [5.74, 6) is -0.115. The van der Waals surface area contributed by atoms with E-state index in [1.165, 1.54) is 6.07 Å². The molecule has 23 heavy (non-hydrogen) atoms. The van der Waals surface area contributed by atoms with Crippen molar-refractivity contribution >= 4 is 44.2 Å². The number of fused-ring (bicyclic) bond motifs is 1. The molecule has 3 rings (SSSR count). The van der Waals surface area contributed by atoms with Gasteiger partial charge >= 0.3 is 10.1 Å². The van der Waals surface area contributed by atoms with E-state index in [1.807, 2.05) is 12.1 Å². The topological polar surface area (TPSA) is 56.3 Å². The average molecular weight is 368 g/mol. The number of hydrogen-bond donors (Lipinski definition) is 0. The summed E-state index contributed by atoms with van der Waals surface area (Å²) in [5.41, 5.74) is 0.986. The van der Waals surface area contributed by atoms with E-state index in [9.17, 15) is 8.42 Å². The van der Waals surface area contributed by atoms with Gasteiger partial charge in [0, 0.05) is 11.6 Å². The van der Waals surface area contributed by atoms with Crippen LogP contribution >= 0.6 is 23.2 Å². The van der Waals surface area contributed by atoms with Crippen molar-refractivity contribution in [2.75, 3.05) is 0 Å². The molecule has 0 aliphatic heterocycles. The lowest BCUT2D eigenvalue weighted by Gasteiger charge is -2.09. The molecule has 0 aliphatic carbocycles. The molecule has 4 nitrogen and oxygen atoms in total. The van der Waals surface area contributed by atoms with Crippen LogP contribution in [-0.2, 0) is 15.9 Å². The van der Waals surface area contributed by atoms with Gasteiger partial charge in [-0.3, -0.25) is 4.98 Å². The monoisotopic (exact) mass is 367 g/mol. The Kier molecular flexibility index (Phi) is 4.43. The highest BCUT2D eigenvalue weighted by Gasteiger charge is 2.17. The van der Waals surface area contributed by atoms with E-state index in [-0.39, 0.29) is 11.5 Å². The first kappa shape index (κ1) is 16.1. The van der Waals surface area contributed by atoms with Gasteiger partial charge in [-0.1, -0.05) is 47.5 Å². The maximum Gasteiger partial charge on any atom is 0.313 e. The number of rotatable bonds is 4. The molecule has 0 aliphatic rings. The SMILES string of the molecule is O=S(=O)(Cc1ccc(Cl)c(Cl)c1)Oc1cccc2cccnc12. The molecule has 0 amide bonds. The van der Waals surface area contributed by atoms with Crippen molar-refractivity contribution in [1.29, 1.82) is 0 Å². The van der Waals surface area contributed by atoms with E-state index in [0.29, 0.717) is 21.1 Å². The van der Waals surface area contributed by atoms with Crippen molar-refractivity contribution in [3.63, 3.8) is 0 Å². The summed E-state index contributed by atoms with van der Waals surface area (Å²) >= 11 is 11.7. The molecule has 0 spiro atoms. The van der Waals surface area contributed by atoms with Crippen LogP contribution in [-0.4, -0.2) is 13.4 Å². The number of benzene rings is 2. The molecular formula is C16H11Cl2NO3S. The van der Waals surface area contributed by atoms with E-state index in [4.69, 9.17) is 27.4 Å². The molecule has 1 aromatic heterocycles. The summed E-state index contributed by atoms with van der Waals surface area (Å²) in [6.07, 6.45) is 1.58.